The Morgan fingerprint density at radius 3 is 1.55 bits per heavy atom. The molecular formula is C58H46N2. The number of hydrogen-bond acceptors (Lipinski definition) is 2. The summed E-state index contributed by atoms with van der Waals surface area (Å²) in [6, 6.07) is 59.1. The Bertz CT molecular complexity index is 2870. The van der Waals surface area contributed by atoms with Gasteiger partial charge in [-0.25, -0.2) is 0 Å². The van der Waals surface area contributed by atoms with Gasteiger partial charge in [0.2, 0.25) is 0 Å². The molecule has 2 nitrogen and oxygen atoms in total. The highest BCUT2D eigenvalue weighted by Crippen LogP contribution is 2.44. The SMILES string of the molecule is C=C1C=CC(N2c3ccccc3C=Cc3ccccc32)=CCC(C)(C)c2cc(C=Cc3cccc(-c4cccc(N5c6ccccc6C=Cc6ccccc65)c4)c3)ccc21. The predicted octanol–water partition coefficient (Wildman–Crippen LogP) is 15.9. The van der Waals surface area contributed by atoms with E-state index in [-0.39, 0.29) is 5.41 Å². The van der Waals surface area contributed by atoms with Crippen LogP contribution in [0.3, 0.4) is 0 Å². The summed E-state index contributed by atoms with van der Waals surface area (Å²) in [5.41, 5.74) is 19.8. The lowest BCUT2D eigenvalue weighted by Crippen LogP contribution is -2.20. The van der Waals surface area contributed by atoms with Gasteiger partial charge in [0.25, 0.3) is 0 Å². The van der Waals surface area contributed by atoms with Crippen LogP contribution in [0, 0.1) is 0 Å². The molecule has 0 atom stereocenters. The quantitative estimate of drug-likeness (QED) is 0.161. The van der Waals surface area contributed by atoms with E-state index in [0.717, 1.165) is 28.9 Å². The molecule has 7 aromatic rings. The zero-order chi connectivity index (χ0) is 40.6. The van der Waals surface area contributed by atoms with E-state index in [1.54, 1.807) is 0 Å². The molecule has 1 aliphatic carbocycles. The maximum Gasteiger partial charge on any atom is 0.0534 e. The molecule has 0 aromatic heterocycles. The lowest BCUT2D eigenvalue weighted by Gasteiger charge is -2.30. The van der Waals surface area contributed by atoms with Crippen LogP contribution in [0.25, 0.3) is 53.2 Å². The van der Waals surface area contributed by atoms with E-state index < -0.39 is 0 Å². The number of anilines is 5. The topological polar surface area (TPSA) is 6.48 Å². The van der Waals surface area contributed by atoms with Crippen molar-refractivity contribution in [1.29, 1.82) is 0 Å². The molecule has 7 aromatic carbocycles. The van der Waals surface area contributed by atoms with Crippen LogP contribution in [0.15, 0.2) is 194 Å². The van der Waals surface area contributed by atoms with Gasteiger partial charge in [-0.1, -0.05) is 190 Å². The average Bonchev–Trinajstić information content (AvgIpc) is 3.55. The third kappa shape index (κ3) is 6.97. The molecule has 288 valence electrons. The Morgan fingerprint density at radius 2 is 0.967 bits per heavy atom. The van der Waals surface area contributed by atoms with Crippen LogP contribution in [-0.4, -0.2) is 0 Å². The molecule has 0 spiro atoms. The van der Waals surface area contributed by atoms with Gasteiger partial charge in [-0.2, -0.15) is 0 Å². The molecule has 0 radical (unpaired) electrons. The monoisotopic (exact) mass is 770 g/mol. The fourth-order valence-corrected chi connectivity index (χ4v) is 8.83. The summed E-state index contributed by atoms with van der Waals surface area (Å²) in [4.78, 5) is 4.79. The van der Waals surface area contributed by atoms with Crippen LogP contribution in [0.2, 0.25) is 0 Å². The largest absolute Gasteiger partial charge is 0.310 e. The Hall–Kier alpha value is -7.42. The van der Waals surface area contributed by atoms with Gasteiger partial charge in [0, 0.05) is 11.4 Å². The third-order valence-electron chi connectivity index (χ3n) is 12.0. The molecule has 0 fully saturated rings. The van der Waals surface area contributed by atoms with Crippen molar-refractivity contribution in [2.45, 2.75) is 25.7 Å². The Balaban J connectivity index is 0.946. The summed E-state index contributed by atoms with van der Waals surface area (Å²) >= 11 is 0. The molecule has 2 aliphatic heterocycles. The highest BCUT2D eigenvalue weighted by molar-refractivity contribution is 5.94. The first kappa shape index (κ1) is 36.9. The number of fused-ring (bicyclic) bond motifs is 5. The van der Waals surface area contributed by atoms with Crippen molar-refractivity contribution in [1.82, 2.24) is 0 Å². The van der Waals surface area contributed by atoms with Gasteiger partial charge in [0.15, 0.2) is 0 Å². The smallest absolute Gasteiger partial charge is 0.0534 e. The molecule has 0 amide bonds. The number of benzene rings is 7. The molecule has 0 N–H and O–H groups in total. The Labute approximate surface area is 354 Å². The van der Waals surface area contributed by atoms with Crippen LogP contribution >= 0.6 is 0 Å². The van der Waals surface area contributed by atoms with E-state index in [1.165, 1.54) is 72.8 Å². The van der Waals surface area contributed by atoms with Gasteiger partial charge in [0.1, 0.15) is 0 Å². The van der Waals surface area contributed by atoms with Gasteiger partial charge >= 0.3 is 0 Å². The zero-order valence-electron chi connectivity index (χ0n) is 34.1. The van der Waals surface area contributed by atoms with Crippen molar-refractivity contribution in [3.05, 3.63) is 239 Å². The van der Waals surface area contributed by atoms with Gasteiger partial charge in [-0.05, 0) is 122 Å². The normalized spacial score (nSPS) is 15.0. The summed E-state index contributed by atoms with van der Waals surface area (Å²) in [6.07, 6.45) is 21.1. The molecule has 3 aliphatic rings. The van der Waals surface area contributed by atoms with E-state index in [4.69, 9.17) is 0 Å². The van der Waals surface area contributed by atoms with Gasteiger partial charge in [-0.3, -0.25) is 0 Å². The average molecular weight is 771 g/mol. The molecule has 0 bridgehead atoms. The second-order valence-electron chi connectivity index (χ2n) is 16.5. The standard InChI is InChI=1S/C58H46N2/c1-41-26-34-50(59-54-22-8-4-15-44(54)30-31-45-16-5-9-23-55(45)59)36-37-58(2,3)53-39-43(29-35-52(41)53)28-27-42-14-12-19-48(38-42)49-20-13-21-51(40-49)60-56-24-10-6-17-46(56)32-33-47-18-7-11-25-57(47)60/h4-36,38-40H,1,37H2,2-3H3. The number of rotatable bonds is 5. The van der Waals surface area contributed by atoms with Gasteiger partial charge in [-0.15, -0.1) is 0 Å². The summed E-state index contributed by atoms with van der Waals surface area (Å²) in [5, 5.41) is 0. The second-order valence-corrected chi connectivity index (χ2v) is 16.5. The summed E-state index contributed by atoms with van der Waals surface area (Å²) in [5.74, 6) is 0. The van der Waals surface area contributed by atoms with E-state index in [1.807, 2.05) is 0 Å². The van der Waals surface area contributed by atoms with Crippen molar-refractivity contribution in [3.63, 3.8) is 0 Å². The van der Waals surface area contributed by atoms with Crippen LogP contribution < -0.4 is 9.80 Å². The summed E-state index contributed by atoms with van der Waals surface area (Å²) in [7, 11) is 0. The number of para-hydroxylation sites is 4. The van der Waals surface area contributed by atoms with Crippen LogP contribution in [0.1, 0.15) is 64.8 Å². The van der Waals surface area contributed by atoms with Gasteiger partial charge in [0.05, 0.1) is 22.7 Å². The maximum atomic E-state index is 4.61. The lowest BCUT2D eigenvalue weighted by atomic mass is 9.77. The van der Waals surface area contributed by atoms with Crippen molar-refractivity contribution >= 4 is 70.5 Å². The first-order chi connectivity index (χ1) is 29.4. The molecule has 2 heteroatoms. The van der Waals surface area contributed by atoms with Crippen molar-refractivity contribution < 1.29 is 0 Å². The number of hydrogen-bond donors (Lipinski definition) is 0. The maximum absolute atomic E-state index is 4.61. The summed E-state index contributed by atoms with van der Waals surface area (Å²) in [6.45, 7) is 9.32. The fraction of sp³-hybridized carbons (Fsp3) is 0.0690. The minimum absolute atomic E-state index is 0.155. The third-order valence-corrected chi connectivity index (χ3v) is 12.0. The highest BCUT2D eigenvalue weighted by Gasteiger charge is 2.27. The van der Waals surface area contributed by atoms with E-state index in [9.17, 15) is 0 Å². The molecule has 0 saturated heterocycles. The van der Waals surface area contributed by atoms with Gasteiger partial charge < -0.3 is 9.80 Å². The van der Waals surface area contributed by atoms with E-state index in [2.05, 4.69) is 249 Å². The molecule has 60 heavy (non-hydrogen) atoms. The molecular weight excluding hydrogens is 725 g/mol. The minimum atomic E-state index is -0.155. The Morgan fingerprint density at radius 1 is 0.467 bits per heavy atom. The summed E-state index contributed by atoms with van der Waals surface area (Å²) < 4.78 is 0. The minimum Gasteiger partial charge on any atom is -0.310 e. The molecule has 2 heterocycles. The molecule has 0 saturated carbocycles. The van der Waals surface area contributed by atoms with Crippen LogP contribution in [-0.2, 0) is 5.41 Å². The first-order valence-electron chi connectivity index (χ1n) is 20.8. The second kappa shape index (κ2) is 15.4. The lowest BCUT2D eigenvalue weighted by molar-refractivity contribution is 0.531. The van der Waals surface area contributed by atoms with Crippen molar-refractivity contribution in [3.8, 4) is 11.1 Å². The molecule has 10 rings (SSSR count). The van der Waals surface area contributed by atoms with Crippen molar-refractivity contribution in [2.24, 2.45) is 0 Å². The van der Waals surface area contributed by atoms with Crippen molar-refractivity contribution in [2.75, 3.05) is 9.80 Å². The highest BCUT2D eigenvalue weighted by atomic mass is 15.2. The van der Waals surface area contributed by atoms with Crippen LogP contribution in [0.5, 0.6) is 0 Å². The number of allylic oxidation sites excluding steroid dienone is 4. The van der Waals surface area contributed by atoms with E-state index in [0.29, 0.717) is 0 Å². The first-order valence-corrected chi connectivity index (χ1v) is 20.8. The number of nitrogens with zero attached hydrogens (tertiary/aromatic N) is 2. The zero-order valence-corrected chi connectivity index (χ0v) is 34.1. The van der Waals surface area contributed by atoms with Crippen LogP contribution in [0.4, 0.5) is 28.4 Å². The Kier molecular flexibility index (Phi) is 9.47. The van der Waals surface area contributed by atoms with E-state index >= 15 is 0 Å². The predicted molar refractivity (Wildman–Crippen MR) is 259 cm³/mol. The fourth-order valence-electron chi connectivity index (χ4n) is 8.83. The molecule has 0 unspecified atom stereocenters.